The topological polar surface area (TPSA) is 85.6 Å². The average Bonchev–Trinajstić information content (AvgIpc) is 2.80. The largest absolute Gasteiger partial charge is 0.328 e. The minimum absolute atomic E-state index is 0.307. The minimum atomic E-state index is -0.443. The molecule has 1 aliphatic rings. The number of H-pyrrole nitrogens is 1. The fraction of sp³-hybridized carbons (Fsp3) is 0.455. The summed E-state index contributed by atoms with van der Waals surface area (Å²) in [4.78, 5) is 25.2. The Morgan fingerprint density at radius 3 is 3.00 bits per heavy atom. The first kappa shape index (κ1) is 12.3. The fourth-order valence-corrected chi connectivity index (χ4v) is 2.58. The van der Waals surface area contributed by atoms with Gasteiger partial charge in [0.2, 0.25) is 0 Å². The van der Waals surface area contributed by atoms with Gasteiger partial charge in [-0.1, -0.05) is 0 Å². The number of halogens is 1. The normalized spacial score (nSPS) is 14.4. The van der Waals surface area contributed by atoms with Crippen molar-refractivity contribution in [2.75, 3.05) is 0 Å². The van der Waals surface area contributed by atoms with E-state index in [1.54, 1.807) is 0 Å². The van der Waals surface area contributed by atoms with Gasteiger partial charge in [-0.3, -0.25) is 14.3 Å². The molecule has 1 N–H and O–H groups in total. The van der Waals surface area contributed by atoms with Gasteiger partial charge in [-0.05, 0) is 28.8 Å². The smallest absolute Gasteiger partial charge is 0.313 e. The van der Waals surface area contributed by atoms with E-state index in [0.29, 0.717) is 11.0 Å². The quantitative estimate of drug-likeness (QED) is 0.859. The van der Waals surface area contributed by atoms with Crippen molar-refractivity contribution < 1.29 is 0 Å². The Labute approximate surface area is 116 Å². The van der Waals surface area contributed by atoms with Crippen molar-refractivity contribution in [3.63, 3.8) is 0 Å². The summed E-state index contributed by atoms with van der Waals surface area (Å²) in [6, 6.07) is 0. The number of fused-ring (bicyclic) bond motifs is 1. The highest BCUT2D eigenvalue weighted by molar-refractivity contribution is 9.10. The Bertz CT molecular complexity index is 729. The summed E-state index contributed by atoms with van der Waals surface area (Å²) in [6.07, 6.45) is 4.63. The minimum Gasteiger partial charge on any atom is -0.313 e. The zero-order valence-electron chi connectivity index (χ0n) is 10.1. The first-order valence-corrected chi connectivity index (χ1v) is 6.84. The Morgan fingerprint density at radius 1 is 1.32 bits per heavy atom. The van der Waals surface area contributed by atoms with Gasteiger partial charge in [0, 0.05) is 19.2 Å². The fourth-order valence-electron chi connectivity index (χ4n) is 2.24. The summed E-state index contributed by atoms with van der Waals surface area (Å²) in [6.45, 7) is 1.19. The maximum absolute atomic E-state index is 11.7. The molecule has 3 rings (SSSR count). The third kappa shape index (κ3) is 2.27. The summed E-state index contributed by atoms with van der Waals surface area (Å²) in [5.74, 6) is 1.72. The van der Waals surface area contributed by atoms with Crippen molar-refractivity contribution in [3.05, 3.63) is 43.2 Å². The highest BCUT2D eigenvalue weighted by Gasteiger charge is 2.16. The lowest BCUT2D eigenvalue weighted by atomic mass is 10.2. The van der Waals surface area contributed by atoms with Crippen LogP contribution in [-0.2, 0) is 19.5 Å². The van der Waals surface area contributed by atoms with Crippen LogP contribution in [-0.4, -0.2) is 24.3 Å². The summed E-state index contributed by atoms with van der Waals surface area (Å²) < 4.78 is 3.79. The van der Waals surface area contributed by atoms with Gasteiger partial charge in [0.15, 0.2) is 5.82 Å². The van der Waals surface area contributed by atoms with E-state index in [-0.39, 0.29) is 0 Å². The lowest BCUT2D eigenvalue weighted by Gasteiger charge is -2.15. The summed E-state index contributed by atoms with van der Waals surface area (Å²) >= 11 is 3.11. The molecule has 2 aromatic heterocycles. The molecule has 0 radical (unpaired) electrons. The standard InChI is InChI=1S/C11H12BrN5O2/c12-7-5-16(11(19)13-10(7)18)6-9-15-14-8-3-1-2-4-17(8)9/h5H,1-4,6H2,(H,13,18,19). The molecule has 2 aromatic rings. The van der Waals surface area contributed by atoms with Crippen molar-refractivity contribution in [2.45, 2.75) is 32.4 Å². The molecule has 8 heteroatoms. The van der Waals surface area contributed by atoms with Crippen molar-refractivity contribution in [3.8, 4) is 0 Å². The summed E-state index contributed by atoms with van der Waals surface area (Å²) in [5.41, 5.74) is -0.870. The van der Waals surface area contributed by atoms with E-state index in [9.17, 15) is 9.59 Å². The van der Waals surface area contributed by atoms with E-state index >= 15 is 0 Å². The number of aryl methyl sites for hydroxylation is 1. The first-order chi connectivity index (χ1) is 9.15. The molecule has 0 aromatic carbocycles. The second-order valence-corrected chi connectivity index (χ2v) is 5.36. The number of nitrogens with one attached hydrogen (secondary N) is 1. The molecule has 1 aliphatic heterocycles. The van der Waals surface area contributed by atoms with Crippen LogP contribution in [0.3, 0.4) is 0 Å². The molecule has 100 valence electrons. The van der Waals surface area contributed by atoms with Crippen molar-refractivity contribution >= 4 is 15.9 Å². The van der Waals surface area contributed by atoms with Gasteiger partial charge in [0.05, 0.1) is 11.0 Å². The summed E-state index contributed by atoms with van der Waals surface area (Å²) in [7, 11) is 0. The van der Waals surface area contributed by atoms with Crippen LogP contribution in [0.4, 0.5) is 0 Å². The molecule has 0 saturated carbocycles. The molecule has 0 spiro atoms. The first-order valence-electron chi connectivity index (χ1n) is 6.05. The molecule has 3 heterocycles. The number of nitrogens with zero attached hydrogens (tertiary/aromatic N) is 4. The molecule has 0 amide bonds. The zero-order valence-corrected chi connectivity index (χ0v) is 11.7. The molecule has 0 aliphatic carbocycles. The van der Waals surface area contributed by atoms with Gasteiger partial charge in [-0.15, -0.1) is 10.2 Å². The predicted octanol–water partition coefficient (Wildman–Crippen LogP) is 0.275. The van der Waals surface area contributed by atoms with Crippen molar-refractivity contribution in [1.82, 2.24) is 24.3 Å². The van der Waals surface area contributed by atoms with E-state index in [0.717, 1.165) is 37.5 Å². The molecule has 0 unspecified atom stereocenters. The average molecular weight is 326 g/mol. The maximum atomic E-state index is 11.7. The second kappa shape index (κ2) is 4.76. The van der Waals surface area contributed by atoms with Gasteiger partial charge < -0.3 is 4.57 Å². The molecule has 0 saturated heterocycles. The molecule has 19 heavy (non-hydrogen) atoms. The van der Waals surface area contributed by atoms with Crippen molar-refractivity contribution in [1.29, 1.82) is 0 Å². The Balaban J connectivity index is 1.98. The van der Waals surface area contributed by atoms with Crippen LogP contribution in [0.1, 0.15) is 24.5 Å². The number of hydrogen-bond donors (Lipinski definition) is 1. The highest BCUT2D eigenvalue weighted by atomic mass is 79.9. The van der Waals surface area contributed by atoms with E-state index in [1.807, 2.05) is 0 Å². The third-order valence-electron chi connectivity index (χ3n) is 3.22. The lowest BCUT2D eigenvalue weighted by Crippen LogP contribution is -2.31. The van der Waals surface area contributed by atoms with Crippen LogP contribution in [0.15, 0.2) is 20.3 Å². The van der Waals surface area contributed by atoms with E-state index in [4.69, 9.17) is 0 Å². The molecular weight excluding hydrogens is 314 g/mol. The van der Waals surface area contributed by atoms with E-state index in [1.165, 1.54) is 10.8 Å². The zero-order chi connectivity index (χ0) is 13.4. The van der Waals surface area contributed by atoms with Gasteiger partial charge in [0.1, 0.15) is 5.82 Å². The molecule has 0 bridgehead atoms. The Kier molecular flexibility index (Phi) is 3.09. The van der Waals surface area contributed by atoms with Crippen LogP contribution in [0, 0.1) is 0 Å². The van der Waals surface area contributed by atoms with Crippen LogP contribution >= 0.6 is 15.9 Å². The maximum Gasteiger partial charge on any atom is 0.328 e. The Morgan fingerprint density at radius 2 is 2.16 bits per heavy atom. The molecule has 7 nitrogen and oxygen atoms in total. The molecule has 0 atom stereocenters. The van der Waals surface area contributed by atoms with Gasteiger partial charge >= 0.3 is 5.69 Å². The Hall–Kier alpha value is -1.70. The second-order valence-electron chi connectivity index (χ2n) is 4.51. The number of aromatic amines is 1. The summed E-state index contributed by atoms with van der Waals surface area (Å²) in [5, 5.41) is 8.27. The van der Waals surface area contributed by atoms with E-state index < -0.39 is 11.2 Å². The number of aromatic nitrogens is 5. The van der Waals surface area contributed by atoms with Crippen molar-refractivity contribution in [2.24, 2.45) is 0 Å². The van der Waals surface area contributed by atoms with E-state index in [2.05, 4.69) is 35.7 Å². The lowest BCUT2D eigenvalue weighted by molar-refractivity contribution is 0.499. The van der Waals surface area contributed by atoms with Gasteiger partial charge in [-0.25, -0.2) is 4.79 Å². The van der Waals surface area contributed by atoms with Crippen LogP contribution < -0.4 is 11.2 Å². The van der Waals surface area contributed by atoms with Crippen LogP contribution in [0.25, 0.3) is 0 Å². The SMILES string of the molecule is O=c1[nH]c(=O)n(Cc2nnc3n2CCCC3)cc1Br. The highest BCUT2D eigenvalue weighted by Crippen LogP contribution is 2.14. The van der Waals surface area contributed by atoms with Crippen LogP contribution in [0.5, 0.6) is 0 Å². The predicted molar refractivity (Wildman–Crippen MR) is 71.1 cm³/mol. The van der Waals surface area contributed by atoms with Gasteiger partial charge in [0.25, 0.3) is 5.56 Å². The number of hydrogen-bond acceptors (Lipinski definition) is 4. The third-order valence-corrected chi connectivity index (χ3v) is 3.78. The molecular formula is C11H12BrN5O2. The van der Waals surface area contributed by atoms with Crippen LogP contribution in [0.2, 0.25) is 0 Å². The number of rotatable bonds is 2. The van der Waals surface area contributed by atoms with Gasteiger partial charge in [-0.2, -0.15) is 0 Å². The molecule has 0 fully saturated rings. The monoisotopic (exact) mass is 325 g/mol.